The van der Waals surface area contributed by atoms with Crippen molar-refractivity contribution in [2.75, 3.05) is 13.2 Å². The number of cyclic esters (lactones) is 1. The fourth-order valence-corrected chi connectivity index (χ4v) is 11.3. The number of hydrogen-bond acceptors (Lipinski definition) is 13. The minimum absolute atomic E-state index is 0.0345. The molecule has 2 unspecified atom stereocenters. The highest BCUT2D eigenvalue weighted by Gasteiger charge is 2.68. The van der Waals surface area contributed by atoms with Crippen LogP contribution in [-0.4, -0.2) is 128 Å². The molecule has 0 spiro atoms. The van der Waals surface area contributed by atoms with Crippen molar-refractivity contribution in [3.05, 3.63) is 11.6 Å². The van der Waals surface area contributed by atoms with E-state index in [4.69, 9.17) is 23.7 Å². The van der Waals surface area contributed by atoms with Gasteiger partial charge in [-0.05, 0) is 99.4 Å². The van der Waals surface area contributed by atoms with E-state index in [0.717, 1.165) is 63.4 Å². The van der Waals surface area contributed by atoms with Gasteiger partial charge in [-0.1, -0.05) is 13.8 Å². The predicted molar refractivity (Wildman–Crippen MR) is 166 cm³/mol. The highest BCUT2D eigenvalue weighted by Crippen LogP contribution is 2.70. The minimum Gasteiger partial charge on any atom is -0.458 e. The van der Waals surface area contributed by atoms with E-state index < -0.39 is 73.6 Å². The van der Waals surface area contributed by atoms with E-state index >= 15 is 0 Å². The molecule has 48 heavy (non-hydrogen) atoms. The Morgan fingerprint density at radius 1 is 0.833 bits per heavy atom. The molecule has 2 saturated heterocycles. The van der Waals surface area contributed by atoms with Crippen molar-refractivity contribution in [1.29, 1.82) is 0 Å². The Bertz CT molecular complexity index is 1240. The molecule has 7 N–H and O–H groups in total. The maximum Gasteiger partial charge on any atom is 0.331 e. The molecule has 3 aliphatic heterocycles. The van der Waals surface area contributed by atoms with E-state index in [-0.39, 0.29) is 34.7 Å². The number of aliphatic hydroxyl groups is 7. The number of carbonyl (C=O) groups excluding carboxylic acids is 1. The van der Waals surface area contributed by atoms with Crippen molar-refractivity contribution in [2.45, 2.75) is 152 Å². The number of hydrogen-bond donors (Lipinski definition) is 7. The Morgan fingerprint density at radius 2 is 1.56 bits per heavy atom. The summed E-state index contributed by atoms with van der Waals surface area (Å²) in [4.78, 5) is 11.9. The Balaban J connectivity index is 0.977. The first-order valence-corrected chi connectivity index (χ1v) is 17.9. The van der Waals surface area contributed by atoms with Crippen LogP contribution in [-0.2, 0) is 28.5 Å². The lowest BCUT2D eigenvalue weighted by Gasteiger charge is -2.64. The molecule has 4 aliphatic carbocycles. The maximum atomic E-state index is 12.5. The molecule has 0 amide bonds. The zero-order valence-electron chi connectivity index (χ0n) is 28.1. The molecule has 0 radical (unpaired) electrons. The zero-order chi connectivity index (χ0) is 34.3. The maximum absolute atomic E-state index is 12.5. The smallest absolute Gasteiger partial charge is 0.331 e. The van der Waals surface area contributed by atoms with E-state index in [0.29, 0.717) is 18.4 Å². The highest BCUT2D eigenvalue weighted by atomic mass is 16.7. The normalized spacial score (nSPS) is 55.3. The number of rotatable bonds is 6. The molecule has 3 heterocycles. The second-order valence-electron chi connectivity index (χ2n) is 16.3. The standard InChI is InChI=1S/C35H54O13/c1-16-30(48-32-28(41)26(39)25(38)23(14-36)47-32)27(40)29(42)31(45-16)46-19-6-9-33(2)18(13-19)4-5-22-21(33)7-10-34(3)20(8-11-35(22,34)43)17-12-24(37)44-15-17/h12,16,18-23,25-32,36,38-43H,4-11,13-15H2,1-3H3/t16-,18+,19-,20+,21-,22+,23+,25+,26-,27-,28+,29-,30?,31?,32-,33-,34+,35-/m0/s1. The summed E-state index contributed by atoms with van der Waals surface area (Å²) in [6.07, 6.45) is -4.12. The van der Waals surface area contributed by atoms with Gasteiger partial charge in [0.05, 0.1) is 24.4 Å². The first-order valence-electron chi connectivity index (χ1n) is 17.9. The van der Waals surface area contributed by atoms with Crippen LogP contribution in [0.4, 0.5) is 0 Å². The van der Waals surface area contributed by atoms with Crippen molar-refractivity contribution in [1.82, 2.24) is 0 Å². The first-order chi connectivity index (χ1) is 22.7. The van der Waals surface area contributed by atoms with Crippen LogP contribution >= 0.6 is 0 Å². The summed E-state index contributed by atoms with van der Waals surface area (Å²) in [5.41, 5.74) is 0.00280. The Labute approximate surface area is 281 Å². The molecule has 0 aromatic heterocycles. The topological polar surface area (TPSA) is 205 Å². The average molecular weight is 683 g/mol. The van der Waals surface area contributed by atoms with Gasteiger partial charge in [-0.2, -0.15) is 0 Å². The third kappa shape index (κ3) is 5.42. The molecule has 0 aromatic rings. The summed E-state index contributed by atoms with van der Waals surface area (Å²) >= 11 is 0. The predicted octanol–water partition coefficient (Wildman–Crippen LogP) is 0.280. The summed E-state index contributed by atoms with van der Waals surface area (Å²) in [7, 11) is 0. The fraction of sp³-hybridized carbons (Fsp3) is 0.914. The molecule has 0 aromatic carbocycles. The molecule has 7 rings (SSSR count). The molecule has 13 nitrogen and oxygen atoms in total. The molecule has 6 fully saturated rings. The van der Waals surface area contributed by atoms with Crippen molar-refractivity contribution >= 4 is 5.97 Å². The van der Waals surface area contributed by atoms with Crippen molar-refractivity contribution in [3.63, 3.8) is 0 Å². The lowest BCUT2D eigenvalue weighted by Crippen LogP contribution is -2.64. The van der Waals surface area contributed by atoms with Crippen LogP contribution in [0.1, 0.15) is 78.6 Å². The molecule has 0 bridgehead atoms. The minimum atomic E-state index is -1.65. The Morgan fingerprint density at radius 3 is 2.27 bits per heavy atom. The second kappa shape index (κ2) is 12.8. The van der Waals surface area contributed by atoms with E-state index in [1.165, 1.54) is 0 Å². The van der Waals surface area contributed by atoms with Gasteiger partial charge >= 0.3 is 5.97 Å². The zero-order valence-corrected chi connectivity index (χ0v) is 28.1. The van der Waals surface area contributed by atoms with Gasteiger partial charge in [0.25, 0.3) is 0 Å². The summed E-state index contributed by atoms with van der Waals surface area (Å²) in [6.45, 7) is 5.97. The van der Waals surface area contributed by atoms with Crippen molar-refractivity contribution < 1.29 is 64.2 Å². The van der Waals surface area contributed by atoms with Gasteiger partial charge in [0.2, 0.25) is 0 Å². The van der Waals surface area contributed by atoms with Gasteiger partial charge in [0.15, 0.2) is 12.6 Å². The van der Waals surface area contributed by atoms with Gasteiger partial charge in [-0.25, -0.2) is 4.79 Å². The van der Waals surface area contributed by atoms with Crippen LogP contribution < -0.4 is 0 Å². The van der Waals surface area contributed by atoms with E-state index in [1.807, 2.05) is 0 Å². The summed E-state index contributed by atoms with van der Waals surface area (Å²) < 4.78 is 28.8. The average Bonchev–Trinajstić information content (AvgIpc) is 3.61. The summed E-state index contributed by atoms with van der Waals surface area (Å²) in [5.74, 6) is 0.825. The lowest BCUT2D eigenvalue weighted by atomic mass is 9.43. The van der Waals surface area contributed by atoms with E-state index in [1.54, 1.807) is 13.0 Å². The fourth-order valence-electron chi connectivity index (χ4n) is 11.3. The second-order valence-corrected chi connectivity index (χ2v) is 16.3. The van der Waals surface area contributed by atoms with Gasteiger partial charge in [-0.3, -0.25) is 0 Å². The van der Waals surface area contributed by atoms with Crippen molar-refractivity contribution in [3.8, 4) is 0 Å². The van der Waals surface area contributed by atoms with Crippen LogP contribution in [0.2, 0.25) is 0 Å². The van der Waals surface area contributed by atoms with Gasteiger partial charge in [0.1, 0.15) is 49.3 Å². The Kier molecular flexibility index (Phi) is 9.36. The van der Waals surface area contributed by atoms with Crippen LogP contribution in [0.15, 0.2) is 11.6 Å². The van der Waals surface area contributed by atoms with E-state index in [9.17, 15) is 40.5 Å². The number of esters is 1. The van der Waals surface area contributed by atoms with Crippen LogP contribution in [0.25, 0.3) is 0 Å². The Hall–Kier alpha value is -1.23. The van der Waals surface area contributed by atoms with Crippen LogP contribution in [0, 0.1) is 34.5 Å². The molecular formula is C35H54O13. The molecule has 13 heteroatoms. The number of ether oxygens (including phenoxy) is 5. The van der Waals surface area contributed by atoms with Gasteiger partial charge in [0, 0.05) is 11.5 Å². The molecular weight excluding hydrogens is 628 g/mol. The number of fused-ring (bicyclic) bond motifs is 5. The van der Waals surface area contributed by atoms with Crippen LogP contribution in [0.5, 0.6) is 0 Å². The van der Waals surface area contributed by atoms with Crippen molar-refractivity contribution in [2.24, 2.45) is 34.5 Å². The monoisotopic (exact) mass is 682 g/mol. The van der Waals surface area contributed by atoms with E-state index in [2.05, 4.69) is 13.8 Å². The quantitative estimate of drug-likeness (QED) is 0.149. The molecule has 272 valence electrons. The van der Waals surface area contributed by atoms with Gasteiger partial charge < -0.3 is 59.4 Å². The highest BCUT2D eigenvalue weighted by molar-refractivity contribution is 5.85. The third-order valence-corrected chi connectivity index (χ3v) is 14.2. The SMILES string of the molecule is C[C@@H]1OC(O[C@H]2CC[C@@]3(C)[C@H](CC[C@@H]4[C@@H]3CC[C@]3(C)[C@@H](C5=CC(=O)OC5)CC[C@]43O)C2)[C@@H](O)[C@H](O)C1O[C@@H]1O[C@H](CO)[C@@H](O)[C@H](O)[C@H]1O. The largest absolute Gasteiger partial charge is 0.458 e. The third-order valence-electron chi connectivity index (χ3n) is 14.2. The molecule has 7 aliphatic rings. The lowest BCUT2D eigenvalue weighted by molar-refractivity contribution is -0.360. The molecule has 4 saturated carbocycles. The van der Waals surface area contributed by atoms with Crippen LogP contribution in [0.3, 0.4) is 0 Å². The summed E-state index contributed by atoms with van der Waals surface area (Å²) in [5, 5.41) is 74.7. The number of aliphatic hydroxyl groups excluding tert-OH is 6. The first kappa shape index (κ1) is 35.2. The molecule has 18 atom stereocenters. The number of carbonyl (C=O) groups is 1. The summed E-state index contributed by atoms with van der Waals surface area (Å²) in [6, 6.07) is 0. The van der Waals surface area contributed by atoms with Gasteiger partial charge in [-0.15, -0.1) is 0 Å².